The first-order valence-electron chi connectivity index (χ1n) is 4.38. The van der Waals surface area contributed by atoms with Gasteiger partial charge in [0.2, 0.25) is 0 Å². The molecular weight excluding hydrogens is 240 g/mol. The van der Waals surface area contributed by atoms with E-state index in [-0.39, 0.29) is 0 Å². The lowest BCUT2D eigenvalue weighted by atomic mass is 10.2. The van der Waals surface area contributed by atoms with E-state index in [0.717, 1.165) is 0 Å². The molecule has 0 radical (unpaired) electrons. The van der Waals surface area contributed by atoms with Gasteiger partial charge >= 0.3 is 11.9 Å². The van der Waals surface area contributed by atoms with Gasteiger partial charge < -0.3 is 10.2 Å². The number of hydrogen-bond acceptors (Lipinski definition) is 6. The van der Waals surface area contributed by atoms with Gasteiger partial charge in [-0.2, -0.15) is 10.5 Å². The molecule has 18 heavy (non-hydrogen) atoms. The van der Waals surface area contributed by atoms with Crippen LogP contribution in [0.4, 0.5) is 5.69 Å². The van der Waals surface area contributed by atoms with Crippen molar-refractivity contribution >= 4 is 17.6 Å². The predicted octanol–water partition coefficient (Wildman–Crippen LogP) is 0.111. The molecule has 0 heterocycles. The summed E-state index contributed by atoms with van der Waals surface area (Å²) < 4.78 is 0. The van der Waals surface area contributed by atoms with Gasteiger partial charge in [0.1, 0.15) is 6.07 Å². The molecule has 0 aromatic heterocycles. The number of nitrogens with zero attached hydrogens (tertiary/aromatic N) is 2. The van der Waals surface area contributed by atoms with Crippen molar-refractivity contribution in [3.05, 3.63) is 29.8 Å². The third-order valence-corrected chi connectivity index (χ3v) is 1.48. The molecule has 0 spiro atoms. The Hall–Kier alpha value is -3.26. The summed E-state index contributed by atoms with van der Waals surface area (Å²) in [5.74, 6) is -3.65. The van der Waals surface area contributed by atoms with Gasteiger partial charge in [0.15, 0.2) is 6.19 Å². The molecule has 0 aliphatic carbocycles. The van der Waals surface area contributed by atoms with Crippen LogP contribution in [0, 0.1) is 22.8 Å². The second-order valence-corrected chi connectivity index (χ2v) is 2.63. The highest BCUT2D eigenvalue weighted by Crippen LogP contribution is 2.11. The van der Waals surface area contributed by atoms with Crippen LogP contribution < -0.4 is 10.9 Å². The Balaban J connectivity index is 0.000000411. The van der Waals surface area contributed by atoms with Crippen LogP contribution in [-0.2, 0) is 9.59 Å². The highest BCUT2D eigenvalue weighted by atomic mass is 16.4. The Kier molecular flexibility index (Phi) is 6.52. The zero-order valence-corrected chi connectivity index (χ0v) is 8.91. The number of nitrogens with one attached hydrogen (secondary N) is 2. The Morgan fingerprint density at radius 1 is 1.11 bits per heavy atom. The number of hydrogen-bond donors (Lipinski definition) is 4. The summed E-state index contributed by atoms with van der Waals surface area (Å²) >= 11 is 0. The minimum absolute atomic E-state index is 0.500. The summed E-state index contributed by atoms with van der Waals surface area (Å²) in [6, 6.07) is 8.91. The van der Waals surface area contributed by atoms with Gasteiger partial charge in [-0.3, -0.25) is 5.43 Å². The summed E-state index contributed by atoms with van der Waals surface area (Å²) in [4.78, 5) is 18.2. The Morgan fingerprint density at radius 3 is 2.11 bits per heavy atom. The SMILES string of the molecule is N#CNNc1ccccc1C#N.O=C(O)C(=O)O. The molecule has 0 bridgehead atoms. The number of benzene rings is 1. The van der Waals surface area contributed by atoms with Gasteiger partial charge in [-0.15, -0.1) is 0 Å². The first kappa shape index (κ1) is 14.7. The minimum Gasteiger partial charge on any atom is -0.473 e. The van der Waals surface area contributed by atoms with Crippen LogP contribution in [0.25, 0.3) is 0 Å². The smallest absolute Gasteiger partial charge is 0.414 e. The lowest BCUT2D eigenvalue weighted by Crippen LogP contribution is -2.15. The van der Waals surface area contributed by atoms with E-state index in [1.165, 1.54) is 0 Å². The van der Waals surface area contributed by atoms with Crippen LogP contribution in [0.5, 0.6) is 0 Å². The van der Waals surface area contributed by atoms with Gasteiger partial charge in [0.05, 0.1) is 11.3 Å². The highest BCUT2D eigenvalue weighted by molar-refractivity contribution is 6.27. The monoisotopic (exact) mass is 248 g/mol. The molecule has 0 amide bonds. The van der Waals surface area contributed by atoms with Gasteiger partial charge in [-0.1, -0.05) is 12.1 Å². The van der Waals surface area contributed by atoms with Gasteiger partial charge in [0.25, 0.3) is 0 Å². The molecule has 8 nitrogen and oxygen atoms in total. The Bertz CT molecular complexity index is 503. The average molecular weight is 248 g/mol. The van der Waals surface area contributed by atoms with Crippen LogP contribution in [0.1, 0.15) is 5.56 Å². The second-order valence-electron chi connectivity index (χ2n) is 2.63. The van der Waals surface area contributed by atoms with Crippen molar-refractivity contribution in [1.82, 2.24) is 5.43 Å². The summed E-state index contributed by atoms with van der Waals surface area (Å²) in [6.07, 6.45) is 1.70. The zero-order valence-electron chi connectivity index (χ0n) is 8.91. The topological polar surface area (TPSA) is 146 Å². The van der Waals surface area contributed by atoms with Crippen LogP contribution >= 0.6 is 0 Å². The fourth-order valence-electron chi connectivity index (χ4n) is 0.785. The third-order valence-electron chi connectivity index (χ3n) is 1.48. The van der Waals surface area contributed by atoms with Crippen LogP contribution in [0.3, 0.4) is 0 Å². The maximum absolute atomic E-state index is 9.10. The highest BCUT2D eigenvalue weighted by Gasteiger charge is 2.04. The van der Waals surface area contributed by atoms with Crippen LogP contribution in [-0.4, -0.2) is 22.2 Å². The van der Waals surface area contributed by atoms with Crippen molar-refractivity contribution in [2.75, 3.05) is 5.43 Å². The van der Waals surface area contributed by atoms with Crippen molar-refractivity contribution in [3.8, 4) is 12.3 Å². The maximum atomic E-state index is 9.10. The number of rotatable bonds is 2. The quantitative estimate of drug-likeness (QED) is 0.249. The minimum atomic E-state index is -1.82. The molecule has 4 N–H and O–H groups in total. The lowest BCUT2D eigenvalue weighted by molar-refractivity contribution is -0.159. The number of carbonyl (C=O) groups is 2. The number of para-hydroxylation sites is 1. The lowest BCUT2D eigenvalue weighted by Gasteiger charge is -2.03. The van der Waals surface area contributed by atoms with Gasteiger partial charge in [0, 0.05) is 0 Å². The number of aliphatic carboxylic acids is 2. The van der Waals surface area contributed by atoms with E-state index >= 15 is 0 Å². The summed E-state index contributed by atoms with van der Waals surface area (Å²) in [6.45, 7) is 0. The average Bonchev–Trinajstić information content (AvgIpc) is 2.37. The first-order valence-corrected chi connectivity index (χ1v) is 4.38. The largest absolute Gasteiger partial charge is 0.473 e. The van der Waals surface area contributed by atoms with Gasteiger partial charge in [-0.25, -0.2) is 15.0 Å². The molecule has 92 valence electrons. The number of hydrazine groups is 1. The second kappa shape index (κ2) is 7.96. The van der Waals surface area contributed by atoms with Crippen molar-refractivity contribution in [2.45, 2.75) is 0 Å². The molecule has 0 fully saturated rings. The van der Waals surface area contributed by atoms with Crippen molar-refractivity contribution < 1.29 is 19.8 Å². The van der Waals surface area contributed by atoms with E-state index < -0.39 is 11.9 Å². The van der Waals surface area contributed by atoms with Gasteiger partial charge in [-0.05, 0) is 12.1 Å². The molecule has 1 aromatic rings. The van der Waals surface area contributed by atoms with E-state index in [0.29, 0.717) is 11.3 Å². The third kappa shape index (κ3) is 5.58. The van der Waals surface area contributed by atoms with Crippen LogP contribution in [0.15, 0.2) is 24.3 Å². The summed E-state index contributed by atoms with van der Waals surface area (Å²) in [7, 11) is 0. The van der Waals surface area contributed by atoms with E-state index in [4.69, 9.17) is 30.3 Å². The van der Waals surface area contributed by atoms with Crippen molar-refractivity contribution in [1.29, 1.82) is 10.5 Å². The molecule has 8 heteroatoms. The molecule has 0 saturated carbocycles. The first-order chi connectivity index (χ1) is 8.52. The number of anilines is 1. The Morgan fingerprint density at radius 2 is 1.67 bits per heavy atom. The molecule has 0 aliphatic heterocycles. The Labute approximate surface area is 102 Å². The zero-order chi connectivity index (χ0) is 14.0. The van der Waals surface area contributed by atoms with E-state index in [2.05, 4.69) is 10.9 Å². The van der Waals surface area contributed by atoms with Crippen LogP contribution in [0.2, 0.25) is 0 Å². The predicted molar refractivity (Wildman–Crippen MR) is 58.8 cm³/mol. The van der Waals surface area contributed by atoms with Crippen molar-refractivity contribution in [3.63, 3.8) is 0 Å². The normalized spacial score (nSPS) is 7.67. The van der Waals surface area contributed by atoms with E-state index in [1.54, 1.807) is 30.5 Å². The summed E-state index contributed by atoms with van der Waals surface area (Å²) in [5, 5.41) is 31.6. The fraction of sp³-hybridized carbons (Fsp3) is 0. The number of carboxylic acids is 2. The molecule has 0 unspecified atom stereocenters. The summed E-state index contributed by atoms with van der Waals surface area (Å²) in [5.41, 5.74) is 5.92. The number of carboxylic acid groups (broad SMARTS) is 2. The van der Waals surface area contributed by atoms with E-state index in [9.17, 15) is 0 Å². The molecule has 0 saturated heterocycles. The molecule has 1 rings (SSSR count). The molecular formula is C10H8N4O4. The van der Waals surface area contributed by atoms with E-state index in [1.807, 2.05) is 6.07 Å². The van der Waals surface area contributed by atoms with Crippen molar-refractivity contribution in [2.24, 2.45) is 0 Å². The standard InChI is InChI=1S/C8H6N4.C2H2O4/c9-5-7-3-1-2-4-8(7)12-11-6-10;3-1(4)2(5)6/h1-4,11-12H;(H,3,4)(H,5,6). The maximum Gasteiger partial charge on any atom is 0.414 e. The molecule has 0 atom stereocenters. The molecule has 1 aromatic carbocycles. The fourth-order valence-corrected chi connectivity index (χ4v) is 0.785. The number of nitriles is 2. The molecule has 0 aliphatic rings.